The lowest BCUT2D eigenvalue weighted by Gasteiger charge is -2.34. The quantitative estimate of drug-likeness (QED) is 0.274. The molecular formula is C30H28N6O5S2. The number of nitrogens with one attached hydrogen (secondary N) is 1. The number of aromatic nitrogens is 3. The molecule has 0 atom stereocenters. The molecule has 2 aromatic heterocycles. The zero-order valence-electron chi connectivity index (χ0n) is 23.2. The number of rotatable bonds is 8. The Labute approximate surface area is 249 Å². The summed E-state index contributed by atoms with van der Waals surface area (Å²) < 4.78 is 61.0. The summed E-state index contributed by atoms with van der Waals surface area (Å²) in [6.45, 7) is 1.54. The molecule has 1 saturated heterocycles. The van der Waals surface area contributed by atoms with Crippen LogP contribution in [0.25, 0.3) is 22.2 Å². The summed E-state index contributed by atoms with van der Waals surface area (Å²) in [6.07, 6.45) is 4.80. The molecule has 3 heterocycles. The van der Waals surface area contributed by atoms with Crippen molar-refractivity contribution < 1.29 is 21.6 Å². The van der Waals surface area contributed by atoms with Crippen LogP contribution in [-0.4, -0.2) is 69.4 Å². The molecule has 0 spiro atoms. The van der Waals surface area contributed by atoms with Gasteiger partial charge in [-0.25, -0.2) is 21.8 Å². The number of nitrogens with zero attached hydrogens (tertiary/aromatic N) is 5. The van der Waals surface area contributed by atoms with E-state index in [4.69, 9.17) is 9.72 Å². The standard InChI is InChI=1S/C30H28N6O5S2/c1-41-25-8-10-27(11-9-25)43(39,40)36-15-13-35(14-16-36)30-21-32-28-12-7-22(18-29(28)33-30)23-17-24(20-31-19-23)34-42(37,38)26-5-3-2-4-6-26/h2-12,17-21,34H,13-16H2,1H3. The molecule has 43 heavy (non-hydrogen) atoms. The van der Waals surface area contributed by atoms with Gasteiger partial charge in [0.05, 0.1) is 46.0 Å². The Morgan fingerprint density at radius 2 is 1.49 bits per heavy atom. The first-order chi connectivity index (χ1) is 20.7. The highest BCUT2D eigenvalue weighted by molar-refractivity contribution is 7.92. The molecule has 5 aromatic rings. The van der Waals surface area contributed by atoms with E-state index in [-0.39, 0.29) is 9.79 Å². The van der Waals surface area contributed by atoms with Gasteiger partial charge >= 0.3 is 0 Å². The Morgan fingerprint density at radius 3 is 2.21 bits per heavy atom. The van der Waals surface area contributed by atoms with Crippen LogP contribution in [0.4, 0.5) is 11.5 Å². The average molecular weight is 617 g/mol. The minimum atomic E-state index is -3.76. The third-order valence-electron chi connectivity index (χ3n) is 7.17. The normalized spacial score (nSPS) is 14.5. The minimum Gasteiger partial charge on any atom is -0.497 e. The van der Waals surface area contributed by atoms with Gasteiger partial charge in [0.2, 0.25) is 10.0 Å². The predicted molar refractivity (Wildman–Crippen MR) is 164 cm³/mol. The van der Waals surface area contributed by atoms with Crippen molar-refractivity contribution in [3.8, 4) is 16.9 Å². The maximum atomic E-state index is 13.1. The lowest BCUT2D eigenvalue weighted by molar-refractivity contribution is 0.383. The van der Waals surface area contributed by atoms with Crippen molar-refractivity contribution in [3.63, 3.8) is 0 Å². The van der Waals surface area contributed by atoms with E-state index in [0.29, 0.717) is 60.0 Å². The van der Waals surface area contributed by atoms with Crippen LogP contribution in [0.3, 0.4) is 0 Å². The van der Waals surface area contributed by atoms with E-state index in [1.807, 2.05) is 23.1 Å². The van der Waals surface area contributed by atoms with Crippen molar-refractivity contribution in [1.29, 1.82) is 0 Å². The Balaban J connectivity index is 1.18. The SMILES string of the molecule is COc1ccc(S(=O)(=O)N2CCN(c3cnc4ccc(-c5cncc(NS(=O)(=O)c6ccccc6)c5)cc4n3)CC2)cc1. The minimum absolute atomic E-state index is 0.160. The summed E-state index contributed by atoms with van der Waals surface area (Å²) in [6, 6.07) is 21.8. The zero-order valence-corrected chi connectivity index (χ0v) is 24.8. The van der Waals surface area contributed by atoms with Crippen LogP contribution in [-0.2, 0) is 20.0 Å². The molecule has 1 N–H and O–H groups in total. The number of hydrogen-bond acceptors (Lipinski definition) is 9. The van der Waals surface area contributed by atoms with Crippen LogP contribution in [0.2, 0.25) is 0 Å². The lowest BCUT2D eigenvalue weighted by Crippen LogP contribution is -2.48. The fourth-order valence-electron chi connectivity index (χ4n) is 4.86. The van der Waals surface area contributed by atoms with Crippen LogP contribution < -0.4 is 14.4 Å². The van der Waals surface area contributed by atoms with Crippen molar-refractivity contribution in [2.75, 3.05) is 42.9 Å². The summed E-state index contributed by atoms with van der Waals surface area (Å²) in [5, 5.41) is 0. The van der Waals surface area contributed by atoms with Crippen molar-refractivity contribution in [2.24, 2.45) is 0 Å². The number of fused-ring (bicyclic) bond motifs is 1. The summed E-state index contributed by atoms with van der Waals surface area (Å²) in [7, 11) is -5.85. The van der Waals surface area contributed by atoms with Crippen LogP contribution in [0.5, 0.6) is 5.75 Å². The van der Waals surface area contributed by atoms with Gasteiger partial charge in [-0.3, -0.25) is 14.7 Å². The van der Waals surface area contributed by atoms with E-state index in [9.17, 15) is 16.8 Å². The topological polar surface area (TPSA) is 135 Å². The molecule has 0 amide bonds. The molecule has 11 nitrogen and oxygen atoms in total. The van der Waals surface area contributed by atoms with Gasteiger partial charge in [0, 0.05) is 37.9 Å². The molecule has 0 aliphatic carbocycles. The third kappa shape index (κ3) is 6.00. The van der Waals surface area contributed by atoms with Gasteiger partial charge in [0.1, 0.15) is 11.6 Å². The number of piperazine rings is 1. The summed E-state index contributed by atoms with van der Waals surface area (Å²) in [4.78, 5) is 16.0. The Kier molecular flexibility index (Phi) is 7.69. The van der Waals surface area contributed by atoms with E-state index in [1.165, 1.54) is 29.7 Å². The van der Waals surface area contributed by atoms with E-state index < -0.39 is 20.0 Å². The van der Waals surface area contributed by atoms with E-state index in [1.54, 1.807) is 60.9 Å². The molecule has 220 valence electrons. The maximum absolute atomic E-state index is 13.1. The highest BCUT2D eigenvalue weighted by Crippen LogP contribution is 2.27. The molecular weight excluding hydrogens is 589 g/mol. The molecule has 0 saturated carbocycles. The Morgan fingerprint density at radius 1 is 0.744 bits per heavy atom. The van der Waals surface area contributed by atoms with E-state index >= 15 is 0 Å². The molecule has 6 rings (SSSR count). The molecule has 0 unspecified atom stereocenters. The van der Waals surface area contributed by atoms with Gasteiger partial charge in [-0.15, -0.1) is 0 Å². The molecule has 0 radical (unpaired) electrons. The first-order valence-electron chi connectivity index (χ1n) is 13.4. The average Bonchev–Trinajstić information content (AvgIpc) is 3.04. The highest BCUT2D eigenvalue weighted by Gasteiger charge is 2.29. The number of hydrogen-bond donors (Lipinski definition) is 1. The lowest BCUT2D eigenvalue weighted by atomic mass is 10.1. The zero-order chi connectivity index (χ0) is 30.0. The van der Waals surface area contributed by atoms with Crippen LogP contribution in [0.15, 0.2) is 107 Å². The predicted octanol–water partition coefficient (Wildman–Crippen LogP) is 4.01. The van der Waals surface area contributed by atoms with Crippen LogP contribution in [0, 0.1) is 0 Å². The second-order valence-electron chi connectivity index (χ2n) is 9.88. The van der Waals surface area contributed by atoms with Gasteiger partial charge in [-0.1, -0.05) is 24.3 Å². The number of benzene rings is 3. The van der Waals surface area contributed by atoms with Gasteiger partial charge < -0.3 is 9.64 Å². The van der Waals surface area contributed by atoms with Crippen LogP contribution >= 0.6 is 0 Å². The molecule has 0 bridgehead atoms. The van der Waals surface area contributed by atoms with Crippen molar-refractivity contribution >= 4 is 42.6 Å². The molecule has 3 aromatic carbocycles. The third-order valence-corrected chi connectivity index (χ3v) is 10.5. The van der Waals surface area contributed by atoms with Gasteiger partial charge in [0.15, 0.2) is 0 Å². The number of sulfonamides is 2. The van der Waals surface area contributed by atoms with Gasteiger partial charge in [0.25, 0.3) is 10.0 Å². The second kappa shape index (κ2) is 11.6. The Hall–Kier alpha value is -4.59. The molecule has 13 heteroatoms. The van der Waals surface area contributed by atoms with E-state index in [0.717, 1.165) is 5.56 Å². The van der Waals surface area contributed by atoms with Gasteiger partial charge in [-0.05, 0) is 60.2 Å². The largest absolute Gasteiger partial charge is 0.497 e. The first kappa shape index (κ1) is 28.5. The monoisotopic (exact) mass is 616 g/mol. The summed E-state index contributed by atoms with van der Waals surface area (Å²) >= 11 is 0. The smallest absolute Gasteiger partial charge is 0.261 e. The van der Waals surface area contributed by atoms with Crippen molar-refractivity contribution in [2.45, 2.75) is 9.79 Å². The van der Waals surface area contributed by atoms with Crippen molar-refractivity contribution in [3.05, 3.63) is 97.5 Å². The first-order valence-corrected chi connectivity index (χ1v) is 16.3. The van der Waals surface area contributed by atoms with Crippen LogP contribution in [0.1, 0.15) is 0 Å². The summed E-state index contributed by atoms with van der Waals surface area (Å²) in [5.74, 6) is 1.24. The molecule has 1 fully saturated rings. The number of methoxy groups -OCH3 is 1. The maximum Gasteiger partial charge on any atom is 0.261 e. The van der Waals surface area contributed by atoms with Crippen molar-refractivity contribution in [1.82, 2.24) is 19.3 Å². The molecule has 1 aliphatic heterocycles. The fraction of sp³-hybridized carbons (Fsp3) is 0.167. The second-order valence-corrected chi connectivity index (χ2v) is 13.5. The number of pyridine rings is 1. The number of ether oxygens (including phenoxy) is 1. The Bertz CT molecular complexity index is 1980. The highest BCUT2D eigenvalue weighted by atomic mass is 32.2. The molecule has 1 aliphatic rings. The summed E-state index contributed by atoms with van der Waals surface area (Å²) in [5.41, 5.74) is 3.19. The van der Waals surface area contributed by atoms with E-state index in [2.05, 4.69) is 14.7 Å². The van der Waals surface area contributed by atoms with Gasteiger partial charge in [-0.2, -0.15) is 4.31 Å². The number of anilines is 2. The fourth-order valence-corrected chi connectivity index (χ4v) is 7.33.